The maximum atomic E-state index is 14.0. The van der Waals surface area contributed by atoms with E-state index in [9.17, 15) is 22.0 Å². The third-order valence-corrected chi connectivity index (χ3v) is 7.08. The molecule has 1 heterocycles. The summed E-state index contributed by atoms with van der Waals surface area (Å²) in [6, 6.07) is 15.9. The minimum absolute atomic E-state index is 0.169. The van der Waals surface area contributed by atoms with E-state index in [1.165, 1.54) is 33.8 Å². The van der Waals surface area contributed by atoms with Gasteiger partial charge in [-0.3, -0.25) is 9.48 Å². The van der Waals surface area contributed by atoms with E-state index in [0.717, 1.165) is 23.8 Å². The highest BCUT2D eigenvalue weighted by Gasteiger charge is 2.25. The van der Waals surface area contributed by atoms with Crippen molar-refractivity contribution < 1.29 is 22.0 Å². The van der Waals surface area contributed by atoms with E-state index < -0.39 is 27.2 Å². The van der Waals surface area contributed by atoms with Crippen molar-refractivity contribution in [2.45, 2.75) is 23.9 Å². The van der Waals surface area contributed by atoms with E-state index in [-0.39, 0.29) is 40.5 Å². The van der Waals surface area contributed by atoms with Crippen LogP contribution in [0.25, 0.3) is 10.9 Å². The molecule has 6 nitrogen and oxygen atoms in total. The van der Waals surface area contributed by atoms with Crippen molar-refractivity contribution >= 4 is 38.2 Å². The molecule has 0 fully saturated rings. The second-order valence-electron chi connectivity index (χ2n) is 7.89. The predicted molar refractivity (Wildman–Crippen MR) is 125 cm³/mol. The number of hydrogen-bond acceptors (Lipinski definition) is 4. The molecule has 0 atom stereocenters. The van der Waals surface area contributed by atoms with Crippen LogP contribution in [-0.4, -0.2) is 36.1 Å². The summed E-state index contributed by atoms with van der Waals surface area (Å²) in [5, 5.41) is 4.59. The minimum Gasteiger partial charge on any atom is -0.340 e. The minimum atomic E-state index is -4.02. The predicted octanol–water partition coefficient (Wildman–Crippen LogP) is 4.60. The molecule has 0 aliphatic rings. The van der Waals surface area contributed by atoms with Gasteiger partial charge in [0.15, 0.2) is 5.03 Å². The molecule has 0 saturated heterocycles. The quantitative estimate of drug-likeness (QED) is 0.369. The lowest BCUT2D eigenvalue weighted by molar-refractivity contribution is -0.131. The molecule has 0 radical (unpaired) electrons. The van der Waals surface area contributed by atoms with Crippen LogP contribution >= 0.6 is 11.6 Å². The number of fused-ring (bicyclic) bond motifs is 1. The number of carbonyl (C=O) groups excluding carboxylic acids is 1. The summed E-state index contributed by atoms with van der Waals surface area (Å²) >= 11 is 6.00. The Hall–Kier alpha value is -3.30. The monoisotopic (exact) mass is 503 g/mol. The zero-order chi connectivity index (χ0) is 24.5. The molecule has 4 rings (SSSR count). The number of sulfone groups is 1. The number of nitrogens with zero attached hydrogens (tertiary/aromatic N) is 3. The number of likely N-dealkylation sites (N-methyl/N-ethyl adjacent to an activating group) is 1. The number of halogens is 3. The van der Waals surface area contributed by atoms with Gasteiger partial charge in [-0.25, -0.2) is 17.2 Å². The number of rotatable bonds is 7. The highest BCUT2D eigenvalue weighted by atomic mass is 35.5. The maximum Gasteiger partial charge on any atom is 0.244 e. The lowest BCUT2D eigenvalue weighted by Gasteiger charge is -2.17. The Kier molecular flexibility index (Phi) is 6.67. The van der Waals surface area contributed by atoms with Crippen LogP contribution in [0.5, 0.6) is 0 Å². The Bertz CT molecular complexity index is 1490. The van der Waals surface area contributed by atoms with Crippen LogP contribution < -0.4 is 0 Å². The van der Waals surface area contributed by atoms with Crippen molar-refractivity contribution in [2.24, 2.45) is 0 Å². The number of aromatic nitrogens is 2. The van der Waals surface area contributed by atoms with Gasteiger partial charge in [0.05, 0.1) is 11.3 Å². The van der Waals surface area contributed by atoms with Crippen LogP contribution in [0.3, 0.4) is 0 Å². The van der Waals surface area contributed by atoms with Gasteiger partial charge in [0.2, 0.25) is 15.7 Å². The molecule has 1 aromatic heterocycles. The first-order valence-electron chi connectivity index (χ1n) is 10.2. The van der Waals surface area contributed by atoms with Gasteiger partial charge in [-0.05, 0) is 53.6 Å². The van der Waals surface area contributed by atoms with Crippen molar-refractivity contribution in [3.8, 4) is 0 Å². The zero-order valence-corrected chi connectivity index (χ0v) is 19.7. The summed E-state index contributed by atoms with van der Waals surface area (Å²) < 4.78 is 54.9. The summed E-state index contributed by atoms with van der Waals surface area (Å²) in [5.74, 6) is -2.00. The van der Waals surface area contributed by atoms with Crippen LogP contribution in [0.1, 0.15) is 11.1 Å². The standard InChI is InChI=1S/C24H20ClF2N3O3S/c1-29(13-16-4-2-6-18(25)10-16)23(31)14-30-22-12-20(27)8-9-21(22)24(28-30)34(32,33)15-17-5-3-7-19(26)11-17/h2-12H,13-15H2,1H3. The fourth-order valence-corrected chi connectivity index (χ4v) is 5.33. The van der Waals surface area contributed by atoms with Gasteiger partial charge in [-0.1, -0.05) is 35.9 Å². The van der Waals surface area contributed by atoms with E-state index in [0.29, 0.717) is 5.02 Å². The van der Waals surface area contributed by atoms with Crippen LogP contribution in [0.2, 0.25) is 5.02 Å². The summed E-state index contributed by atoms with van der Waals surface area (Å²) in [5.41, 5.74) is 1.24. The van der Waals surface area contributed by atoms with Crippen molar-refractivity contribution in [3.05, 3.63) is 94.5 Å². The molecule has 0 unspecified atom stereocenters. The Morgan fingerprint density at radius 1 is 1.00 bits per heavy atom. The first kappa shape index (κ1) is 23.8. The normalized spacial score (nSPS) is 11.6. The van der Waals surface area contributed by atoms with Crippen molar-refractivity contribution in [1.29, 1.82) is 0 Å². The third-order valence-electron chi connectivity index (χ3n) is 5.24. The SMILES string of the molecule is CN(Cc1cccc(Cl)c1)C(=O)Cn1nc(S(=O)(=O)Cc2cccc(F)c2)c2ccc(F)cc21. The summed E-state index contributed by atoms with van der Waals surface area (Å²) in [6.45, 7) is -0.0236. The number of amides is 1. The van der Waals surface area contributed by atoms with Gasteiger partial charge < -0.3 is 4.90 Å². The van der Waals surface area contributed by atoms with Crippen molar-refractivity contribution in [2.75, 3.05) is 7.05 Å². The smallest absolute Gasteiger partial charge is 0.244 e. The van der Waals surface area contributed by atoms with E-state index in [2.05, 4.69) is 5.10 Å². The van der Waals surface area contributed by atoms with Gasteiger partial charge >= 0.3 is 0 Å². The first-order valence-corrected chi connectivity index (χ1v) is 12.3. The molecule has 0 bridgehead atoms. The Labute approximate surface area is 200 Å². The third kappa shape index (κ3) is 5.26. The van der Waals surface area contributed by atoms with Crippen LogP contribution in [0, 0.1) is 11.6 Å². The molecule has 0 aliphatic carbocycles. The fraction of sp³-hybridized carbons (Fsp3) is 0.167. The summed E-state index contributed by atoms with van der Waals surface area (Å²) in [6.07, 6.45) is 0. The molecule has 10 heteroatoms. The largest absolute Gasteiger partial charge is 0.340 e. The average molecular weight is 504 g/mol. The topological polar surface area (TPSA) is 72.3 Å². The first-order chi connectivity index (χ1) is 16.1. The van der Waals surface area contributed by atoms with Gasteiger partial charge in [0.25, 0.3) is 0 Å². The van der Waals surface area contributed by atoms with E-state index in [1.807, 2.05) is 6.07 Å². The molecule has 3 aromatic carbocycles. The second kappa shape index (κ2) is 9.52. The van der Waals surface area contributed by atoms with E-state index >= 15 is 0 Å². The lowest BCUT2D eigenvalue weighted by atomic mass is 10.2. The summed E-state index contributed by atoms with van der Waals surface area (Å²) in [7, 11) is -2.42. The molecule has 1 amide bonds. The van der Waals surface area contributed by atoms with Crippen molar-refractivity contribution in [1.82, 2.24) is 14.7 Å². The molecular formula is C24H20ClF2N3O3S. The second-order valence-corrected chi connectivity index (χ2v) is 10.2. The van der Waals surface area contributed by atoms with Crippen molar-refractivity contribution in [3.63, 3.8) is 0 Å². The molecule has 0 spiro atoms. The molecule has 0 aliphatic heterocycles. The number of hydrogen-bond donors (Lipinski definition) is 0. The molecule has 0 N–H and O–H groups in total. The molecular weight excluding hydrogens is 484 g/mol. The number of benzene rings is 3. The Morgan fingerprint density at radius 3 is 2.44 bits per heavy atom. The van der Waals surface area contributed by atoms with E-state index in [4.69, 9.17) is 11.6 Å². The van der Waals surface area contributed by atoms with Crippen LogP contribution in [0.4, 0.5) is 8.78 Å². The molecule has 0 saturated carbocycles. The van der Waals surface area contributed by atoms with Gasteiger partial charge in [0.1, 0.15) is 18.2 Å². The average Bonchev–Trinajstić information content (AvgIpc) is 3.12. The maximum absolute atomic E-state index is 14.0. The lowest BCUT2D eigenvalue weighted by Crippen LogP contribution is -2.30. The molecule has 4 aromatic rings. The zero-order valence-electron chi connectivity index (χ0n) is 18.1. The Balaban J connectivity index is 1.64. The van der Waals surface area contributed by atoms with E-state index in [1.54, 1.807) is 25.2 Å². The highest BCUT2D eigenvalue weighted by Crippen LogP contribution is 2.26. The fourth-order valence-electron chi connectivity index (χ4n) is 3.63. The highest BCUT2D eigenvalue weighted by molar-refractivity contribution is 7.90. The number of carbonyl (C=O) groups is 1. The van der Waals surface area contributed by atoms with Crippen LogP contribution in [0.15, 0.2) is 71.8 Å². The molecule has 176 valence electrons. The molecule has 34 heavy (non-hydrogen) atoms. The summed E-state index contributed by atoms with van der Waals surface area (Å²) in [4.78, 5) is 14.3. The van der Waals surface area contributed by atoms with Gasteiger partial charge in [-0.2, -0.15) is 5.10 Å². The Morgan fingerprint density at radius 2 is 1.71 bits per heavy atom. The van der Waals surface area contributed by atoms with Crippen LogP contribution in [-0.2, 0) is 33.5 Å². The van der Waals surface area contributed by atoms with Gasteiger partial charge in [-0.15, -0.1) is 0 Å². The van der Waals surface area contributed by atoms with Gasteiger partial charge in [0, 0.05) is 24.0 Å².